The van der Waals surface area contributed by atoms with Gasteiger partial charge in [-0.05, 0) is 30.3 Å². The highest BCUT2D eigenvalue weighted by molar-refractivity contribution is 6.06. The van der Waals surface area contributed by atoms with Gasteiger partial charge in [0.05, 0.1) is 25.6 Å². The lowest BCUT2D eigenvalue weighted by Gasteiger charge is -2.10. The Hall–Kier alpha value is -2.89. The predicted octanol–water partition coefficient (Wildman–Crippen LogP) is 2.24. The fourth-order valence-corrected chi connectivity index (χ4v) is 1.79. The molecule has 0 radical (unpaired) electrons. The van der Waals surface area contributed by atoms with Gasteiger partial charge in [0, 0.05) is 11.6 Å². The van der Waals surface area contributed by atoms with Gasteiger partial charge in [0.25, 0.3) is 5.91 Å². The molecule has 21 heavy (non-hydrogen) atoms. The number of hydrogen-bond donors (Lipinski definition) is 3. The minimum absolute atomic E-state index is 0.0296. The molecule has 0 bridgehead atoms. The van der Waals surface area contributed by atoms with E-state index in [9.17, 15) is 9.90 Å². The van der Waals surface area contributed by atoms with Crippen molar-refractivity contribution in [3.8, 4) is 17.2 Å². The van der Waals surface area contributed by atoms with Crippen LogP contribution in [0.3, 0.4) is 0 Å². The summed E-state index contributed by atoms with van der Waals surface area (Å²) >= 11 is 0. The van der Waals surface area contributed by atoms with Crippen LogP contribution >= 0.6 is 0 Å². The van der Waals surface area contributed by atoms with E-state index in [2.05, 4.69) is 5.32 Å². The van der Waals surface area contributed by atoms with Gasteiger partial charge in [-0.15, -0.1) is 0 Å². The number of phenolic OH excluding ortho intramolecular Hbond substituents is 1. The average molecular weight is 288 g/mol. The number of aromatic hydroxyl groups is 1. The highest BCUT2D eigenvalue weighted by Gasteiger charge is 2.11. The van der Waals surface area contributed by atoms with Crippen LogP contribution in [-0.2, 0) is 0 Å². The summed E-state index contributed by atoms with van der Waals surface area (Å²) in [7, 11) is 2.95. The summed E-state index contributed by atoms with van der Waals surface area (Å²) in [6.45, 7) is 0. The van der Waals surface area contributed by atoms with Crippen LogP contribution < -0.4 is 20.5 Å². The molecule has 0 heterocycles. The van der Waals surface area contributed by atoms with Crippen molar-refractivity contribution in [2.24, 2.45) is 0 Å². The van der Waals surface area contributed by atoms with Crippen molar-refractivity contribution in [1.82, 2.24) is 0 Å². The van der Waals surface area contributed by atoms with Crippen LogP contribution in [0.4, 0.5) is 11.4 Å². The summed E-state index contributed by atoms with van der Waals surface area (Å²) in [5, 5.41) is 12.2. The molecule has 0 aliphatic carbocycles. The van der Waals surface area contributed by atoms with Gasteiger partial charge in [0.15, 0.2) is 11.5 Å². The Morgan fingerprint density at radius 2 is 1.90 bits per heavy atom. The van der Waals surface area contributed by atoms with Gasteiger partial charge in [0.1, 0.15) is 5.75 Å². The maximum Gasteiger partial charge on any atom is 0.255 e. The number of nitrogens with one attached hydrogen (secondary N) is 1. The normalized spacial score (nSPS) is 10.0. The van der Waals surface area contributed by atoms with Gasteiger partial charge in [-0.2, -0.15) is 0 Å². The monoisotopic (exact) mass is 288 g/mol. The number of ether oxygens (including phenoxy) is 2. The first-order valence-electron chi connectivity index (χ1n) is 6.17. The number of benzene rings is 2. The Morgan fingerprint density at radius 1 is 1.14 bits per heavy atom. The Labute approximate surface area is 122 Å². The van der Waals surface area contributed by atoms with E-state index in [1.165, 1.54) is 32.4 Å². The molecule has 4 N–H and O–H groups in total. The topological polar surface area (TPSA) is 93.8 Å². The molecule has 0 unspecified atom stereocenters. The molecule has 0 aliphatic rings. The van der Waals surface area contributed by atoms with E-state index in [4.69, 9.17) is 15.2 Å². The second kappa shape index (κ2) is 6.04. The van der Waals surface area contributed by atoms with Crippen molar-refractivity contribution in [3.05, 3.63) is 42.0 Å². The molecular weight excluding hydrogens is 272 g/mol. The lowest BCUT2D eigenvalue weighted by atomic mass is 10.1. The van der Waals surface area contributed by atoms with Crippen molar-refractivity contribution in [1.29, 1.82) is 0 Å². The van der Waals surface area contributed by atoms with Crippen LogP contribution in [0.25, 0.3) is 0 Å². The minimum atomic E-state index is -0.356. The molecule has 0 atom stereocenters. The molecule has 1 amide bonds. The van der Waals surface area contributed by atoms with Gasteiger partial charge in [-0.3, -0.25) is 4.79 Å². The summed E-state index contributed by atoms with van der Waals surface area (Å²) in [5.41, 5.74) is 7.07. The van der Waals surface area contributed by atoms with Crippen LogP contribution in [0.15, 0.2) is 36.4 Å². The summed E-state index contributed by atoms with van der Waals surface area (Å²) in [4.78, 5) is 12.2. The molecule has 0 saturated heterocycles. The number of nitrogen functional groups attached to an aromatic ring is 1. The number of phenols is 1. The van der Waals surface area contributed by atoms with Crippen molar-refractivity contribution < 1.29 is 19.4 Å². The quantitative estimate of drug-likeness (QED) is 0.750. The van der Waals surface area contributed by atoms with E-state index in [0.717, 1.165) is 0 Å². The van der Waals surface area contributed by atoms with Gasteiger partial charge < -0.3 is 25.6 Å². The number of amides is 1. The Bertz CT molecular complexity index is 671. The molecule has 0 fully saturated rings. The Balaban J connectivity index is 2.22. The number of rotatable bonds is 4. The number of hydrogen-bond acceptors (Lipinski definition) is 5. The maximum absolute atomic E-state index is 12.2. The molecule has 110 valence electrons. The third-order valence-corrected chi connectivity index (χ3v) is 2.95. The number of methoxy groups -OCH3 is 2. The summed E-state index contributed by atoms with van der Waals surface area (Å²) in [6.07, 6.45) is 0. The van der Waals surface area contributed by atoms with Gasteiger partial charge in [0.2, 0.25) is 0 Å². The second-order valence-corrected chi connectivity index (χ2v) is 4.29. The molecule has 2 rings (SSSR count). The maximum atomic E-state index is 12.2. The summed E-state index contributed by atoms with van der Waals surface area (Å²) in [5.74, 6) is 0.449. The van der Waals surface area contributed by atoms with Crippen molar-refractivity contribution in [2.45, 2.75) is 0 Å². The number of carbonyl (C=O) groups is 1. The molecule has 6 nitrogen and oxygen atoms in total. The lowest BCUT2D eigenvalue weighted by molar-refractivity contribution is 0.102. The number of nitrogens with two attached hydrogens (primary N) is 1. The van der Waals surface area contributed by atoms with E-state index >= 15 is 0 Å². The van der Waals surface area contributed by atoms with Gasteiger partial charge >= 0.3 is 0 Å². The molecule has 2 aromatic carbocycles. The number of anilines is 2. The molecule has 0 spiro atoms. The Kier molecular flexibility index (Phi) is 4.18. The first-order valence-corrected chi connectivity index (χ1v) is 6.17. The standard InChI is InChI=1S/C15H16N2O4/c1-20-10-4-5-12(11(16)8-10)17-15(19)9-3-6-13(18)14(7-9)21-2/h3-8,18H,16H2,1-2H3,(H,17,19). The molecule has 0 aliphatic heterocycles. The van der Waals surface area contributed by atoms with Crippen LogP contribution in [-0.4, -0.2) is 25.2 Å². The summed E-state index contributed by atoms with van der Waals surface area (Å²) in [6, 6.07) is 9.31. The van der Waals surface area contributed by atoms with Gasteiger partial charge in [-0.25, -0.2) is 0 Å². The third kappa shape index (κ3) is 3.17. The lowest BCUT2D eigenvalue weighted by Crippen LogP contribution is -2.13. The highest BCUT2D eigenvalue weighted by atomic mass is 16.5. The van der Waals surface area contributed by atoms with Crippen LogP contribution in [0.1, 0.15) is 10.4 Å². The van der Waals surface area contributed by atoms with Crippen LogP contribution in [0, 0.1) is 0 Å². The number of carbonyl (C=O) groups excluding carboxylic acids is 1. The van der Waals surface area contributed by atoms with E-state index < -0.39 is 0 Å². The van der Waals surface area contributed by atoms with Crippen molar-refractivity contribution in [2.75, 3.05) is 25.3 Å². The SMILES string of the molecule is COc1ccc(NC(=O)c2ccc(O)c(OC)c2)c(N)c1. The molecule has 6 heteroatoms. The first-order chi connectivity index (χ1) is 10.0. The fraction of sp³-hybridized carbons (Fsp3) is 0.133. The van der Waals surface area contributed by atoms with Crippen LogP contribution in [0.5, 0.6) is 17.2 Å². The van der Waals surface area contributed by atoms with E-state index in [-0.39, 0.29) is 17.4 Å². The fourth-order valence-electron chi connectivity index (χ4n) is 1.79. The Morgan fingerprint density at radius 3 is 2.52 bits per heavy atom. The van der Waals surface area contributed by atoms with Crippen molar-refractivity contribution >= 4 is 17.3 Å². The highest BCUT2D eigenvalue weighted by Crippen LogP contribution is 2.28. The molecule has 0 saturated carbocycles. The predicted molar refractivity (Wildman–Crippen MR) is 80.0 cm³/mol. The first kappa shape index (κ1) is 14.5. The molecular formula is C15H16N2O4. The molecule has 2 aromatic rings. The molecule has 0 aromatic heterocycles. The minimum Gasteiger partial charge on any atom is -0.504 e. The van der Waals surface area contributed by atoms with Crippen molar-refractivity contribution in [3.63, 3.8) is 0 Å². The smallest absolute Gasteiger partial charge is 0.255 e. The van der Waals surface area contributed by atoms with E-state index in [1.54, 1.807) is 18.2 Å². The average Bonchev–Trinajstić information content (AvgIpc) is 2.49. The van der Waals surface area contributed by atoms with Gasteiger partial charge in [-0.1, -0.05) is 0 Å². The zero-order valence-electron chi connectivity index (χ0n) is 11.7. The third-order valence-electron chi connectivity index (χ3n) is 2.95. The van der Waals surface area contributed by atoms with E-state index in [0.29, 0.717) is 22.7 Å². The zero-order valence-corrected chi connectivity index (χ0v) is 11.7. The van der Waals surface area contributed by atoms with E-state index in [1.807, 2.05) is 0 Å². The summed E-state index contributed by atoms with van der Waals surface area (Å²) < 4.78 is 10.0. The van der Waals surface area contributed by atoms with Crippen LogP contribution in [0.2, 0.25) is 0 Å². The second-order valence-electron chi connectivity index (χ2n) is 4.29. The zero-order chi connectivity index (χ0) is 15.4. The largest absolute Gasteiger partial charge is 0.504 e.